The molecule has 116 valence electrons. The van der Waals surface area contributed by atoms with Crippen LogP contribution < -0.4 is 0 Å². The highest BCUT2D eigenvalue weighted by Gasteiger charge is 2.30. The van der Waals surface area contributed by atoms with Crippen molar-refractivity contribution < 1.29 is 17.9 Å². The summed E-state index contributed by atoms with van der Waals surface area (Å²) in [6.45, 7) is 5.73. The quantitative estimate of drug-likeness (QED) is 0.654. The number of benzene rings is 1. The third-order valence-electron chi connectivity index (χ3n) is 3.01. The van der Waals surface area contributed by atoms with Gasteiger partial charge in [0.25, 0.3) is 0 Å². The van der Waals surface area contributed by atoms with Gasteiger partial charge in [-0.05, 0) is 36.3 Å². The molecule has 1 heterocycles. The first-order valence-electron chi connectivity index (χ1n) is 6.66. The molecule has 0 bridgehead atoms. The molecule has 2 aromatic rings. The second-order valence-corrected chi connectivity index (χ2v) is 5.67. The van der Waals surface area contributed by atoms with Gasteiger partial charge in [-0.3, -0.25) is 0 Å². The van der Waals surface area contributed by atoms with Crippen molar-refractivity contribution in [3.05, 3.63) is 28.5 Å². The number of halogens is 3. The number of aromatic nitrogens is 2. The first kappa shape index (κ1) is 16.0. The Labute approximate surface area is 125 Å². The minimum atomic E-state index is -4.36. The Morgan fingerprint density at radius 2 is 2.05 bits per heavy atom. The van der Waals surface area contributed by atoms with Crippen molar-refractivity contribution in [1.82, 2.24) is 9.55 Å². The molecule has 0 spiro atoms. The molecule has 1 N–H and O–H groups in total. The molecule has 0 unspecified atom stereocenters. The Hall–Kier alpha value is -1.34. The lowest BCUT2D eigenvalue weighted by Gasteiger charge is -2.09. The van der Waals surface area contributed by atoms with Crippen molar-refractivity contribution in [3.8, 4) is 0 Å². The molecule has 0 saturated heterocycles. The van der Waals surface area contributed by atoms with Crippen LogP contribution in [0.2, 0.25) is 0 Å². The maximum absolute atomic E-state index is 12.7. The predicted octanol–water partition coefficient (Wildman–Crippen LogP) is 4.39. The lowest BCUT2D eigenvalue weighted by molar-refractivity contribution is -0.137. The third-order valence-corrected chi connectivity index (χ3v) is 3.33. The van der Waals surface area contributed by atoms with Crippen molar-refractivity contribution in [3.63, 3.8) is 0 Å². The number of H-pyrrole nitrogens is 1. The second-order valence-electron chi connectivity index (χ2n) is 5.28. The van der Waals surface area contributed by atoms with Crippen LogP contribution in [0.1, 0.15) is 19.4 Å². The molecule has 1 aromatic carbocycles. The van der Waals surface area contributed by atoms with E-state index in [0.29, 0.717) is 41.5 Å². The Bertz CT molecular complexity index is 673. The van der Waals surface area contributed by atoms with Crippen LogP contribution in [0.3, 0.4) is 0 Å². The summed E-state index contributed by atoms with van der Waals surface area (Å²) >= 11 is 5.16. The lowest BCUT2D eigenvalue weighted by atomic mass is 10.2. The fraction of sp³-hybridized carbons (Fsp3) is 0.500. The number of ether oxygens (including phenoxy) is 1. The Morgan fingerprint density at radius 3 is 2.67 bits per heavy atom. The van der Waals surface area contributed by atoms with Gasteiger partial charge in [-0.2, -0.15) is 13.2 Å². The smallest absolute Gasteiger partial charge is 0.379 e. The van der Waals surface area contributed by atoms with Gasteiger partial charge < -0.3 is 14.3 Å². The molecule has 0 amide bonds. The highest BCUT2D eigenvalue weighted by Crippen LogP contribution is 2.31. The molecule has 0 saturated carbocycles. The van der Waals surface area contributed by atoms with Crippen LogP contribution in [0.5, 0.6) is 0 Å². The molecular formula is C14H17F3N2OS. The van der Waals surface area contributed by atoms with Crippen molar-refractivity contribution in [2.24, 2.45) is 5.92 Å². The van der Waals surface area contributed by atoms with E-state index in [9.17, 15) is 13.2 Å². The lowest BCUT2D eigenvalue weighted by Crippen LogP contribution is -2.09. The van der Waals surface area contributed by atoms with Gasteiger partial charge in [0.2, 0.25) is 0 Å². The van der Waals surface area contributed by atoms with Gasteiger partial charge >= 0.3 is 6.18 Å². The molecule has 0 aliphatic carbocycles. The van der Waals surface area contributed by atoms with Crippen LogP contribution in [0.4, 0.5) is 13.2 Å². The summed E-state index contributed by atoms with van der Waals surface area (Å²) in [7, 11) is 0. The van der Waals surface area contributed by atoms with Gasteiger partial charge in [0.15, 0.2) is 4.77 Å². The van der Waals surface area contributed by atoms with E-state index in [1.165, 1.54) is 6.07 Å². The second kappa shape index (κ2) is 6.19. The summed E-state index contributed by atoms with van der Waals surface area (Å²) in [6, 6.07) is 3.58. The highest BCUT2D eigenvalue weighted by molar-refractivity contribution is 7.71. The number of alkyl halides is 3. The summed E-state index contributed by atoms with van der Waals surface area (Å²) in [6.07, 6.45) is -4.36. The molecule has 0 fully saturated rings. The van der Waals surface area contributed by atoms with E-state index in [-0.39, 0.29) is 0 Å². The van der Waals surface area contributed by atoms with Gasteiger partial charge in [-0.15, -0.1) is 0 Å². The molecule has 21 heavy (non-hydrogen) atoms. The zero-order valence-electron chi connectivity index (χ0n) is 11.8. The third kappa shape index (κ3) is 3.85. The average Bonchev–Trinajstić information content (AvgIpc) is 2.68. The van der Waals surface area contributed by atoms with E-state index < -0.39 is 11.7 Å². The van der Waals surface area contributed by atoms with Crippen LogP contribution in [-0.2, 0) is 17.5 Å². The molecule has 0 atom stereocenters. The Balaban J connectivity index is 2.21. The SMILES string of the molecule is CC(C)COCCn1c(=S)[nH]c2cc(C(F)(F)F)ccc21. The summed E-state index contributed by atoms with van der Waals surface area (Å²) in [5.41, 5.74) is 0.356. The van der Waals surface area contributed by atoms with Crippen molar-refractivity contribution in [2.75, 3.05) is 13.2 Å². The molecule has 2 rings (SSSR count). The molecule has 7 heteroatoms. The van der Waals surface area contributed by atoms with E-state index in [4.69, 9.17) is 17.0 Å². The molecule has 3 nitrogen and oxygen atoms in total. The zero-order valence-corrected chi connectivity index (χ0v) is 12.6. The summed E-state index contributed by atoms with van der Waals surface area (Å²) in [5, 5.41) is 0. The summed E-state index contributed by atoms with van der Waals surface area (Å²) < 4.78 is 45.7. The standard InChI is InChI=1S/C14H17F3N2OS/c1-9(2)8-20-6-5-19-12-4-3-10(14(15,16)17)7-11(12)18-13(19)21/h3-4,7,9H,5-6,8H2,1-2H3,(H,18,21). The van der Waals surface area contributed by atoms with Crippen molar-refractivity contribution >= 4 is 23.3 Å². The number of aromatic amines is 1. The van der Waals surface area contributed by atoms with Crippen LogP contribution in [-0.4, -0.2) is 22.8 Å². The van der Waals surface area contributed by atoms with Crippen LogP contribution in [0.25, 0.3) is 11.0 Å². The summed E-state index contributed by atoms with van der Waals surface area (Å²) in [5.74, 6) is 0.440. The topological polar surface area (TPSA) is 29.9 Å². The van der Waals surface area contributed by atoms with Crippen molar-refractivity contribution in [2.45, 2.75) is 26.6 Å². The van der Waals surface area contributed by atoms with E-state index >= 15 is 0 Å². The molecule has 0 aliphatic heterocycles. The number of nitrogens with one attached hydrogen (secondary N) is 1. The van der Waals surface area contributed by atoms with E-state index in [0.717, 1.165) is 12.1 Å². The minimum Gasteiger partial charge on any atom is -0.379 e. The van der Waals surface area contributed by atoms with Gasteiger partial charge in [0, 0.05) is 13.2 Å². The number of imidazole rings is 1. The number of hydrogen-bond acceptors (Lipinski definition) is 2. The normalized spacial score (nSPS) is 12.5. The van der Waals surface area contributed by atoms with Gasteiger partial charge in [0.05, 0.1) is 23.2 Å². The first-order valence-corrected chi connectivity index (χ1v) is 7.07. The van der Waals surface area contributed by atoms with E-state index in [1.54, 1.807) is 4.57 Å². The number of fused-ring (bicyclic) bond motifs is 1. The average molecular weight is 318 g/mol. The predicted molar refractivity (Wildman–Crippen MR) is 77.8 cm³/mol. The van der Waals surface area contributed by atoms with Crippen molar-refractivity contribution in [1.29, 1.82) is 0 Å². The fourth-order valence-corrected chi connectivity index (χ4v) is 2.34. The zero-order chi connectivity index (χ0) is 15.6. The Morgan fingerprint density at radius 1 is 1.33 bits per heavy atom. The Kier molecular flexibility index (Phi) is 4.73. The maximum atomic E-state index is 12.7. The van der Waals surface area contributed by atoms with Crippen LogP contribution in [0.15, 0.2) is 18.2 Å². The number of hydrogen-bond donors (Lipinski definition) is 1. The van der Waals surface area contributed by atoms with Gasteiger partial charge in [0.1, 0.15) is 0 Å². The summed E-state index contributed by atoms with van der Waals surface area (Å²) in [4.78, 5) is 2.81. The first-order chi connectivity index (χ1) is 9.79. The molecular weight excluding hydrogens is 301 g/mol. The monoisotopic (exact) mass is 318 g/mol. The number of rotatable bonds is 5. The van der Waals surface area contributed by atoms with E-state index in [1.807, 2.05) is 0 Å². The molecule has 1 aromatic heterocycles. The van der Waals surface area contributed by atoms with E-state index in [2.05, 4.69) is 18.8 Å². The van der Waals surface area contributed by atoms with Gasteiger partial charge in [-0.25, -0.2) is 0 Å². The van der Waals surface area contributed by atoms with Crippen LogP contribution >= 0.6 is 12.2 Å². The minimum absolute atomic E-state index is 0.388. The van der Waals surface area contributed by atoms with Gasteiger partial charge in [-0.1, -0.05) is 13.8 Å². The highest BCUT2D eigenvalue weighted by atomic mass is 32.1. The molecule has 0 radical (unpaired) electrons. The largest absolute Gasteiger partial charge is 0.416 e. The van der Waals surface area contributed by atoms with Crippen LogP contribution in [0, 0.1) is 10.7 Å². The molecule has 0 aliphatic rings. The fourth-order valence-electron chi connectivity index (χ4n) is 2.04. The number of nitrogens with zero attached hydrogens (tertiary/aromatic N) is 1. The maximum Gasteiger partial charge on any atom is 0.416 e.